The van der Waals surface area contributed by atoms with Crippen LogP contribution < -0.4 is 10.1 Å². The molecule has 126 valence electrons. The van der Waals surface area contributed by atoms with Gasteiger partial charge in [0.1, 0.15) is 5.75 Å². The van der Waals surface area contributed by atoms with E-state index in [1.807, 2.05) is 19.1 Å². The van der Waals surface area contributed by atoms with Gasteiger partial charge in [-0.25, -0.2) is 0 Å². The molecule has 2 aromatic rings. The number of ketones is 1. The summed E-state index contributed by atoms with van der Waals surface area (Å²) in [6.07, 6.45) is 1.24. The number of aryl methyl sites for hydroxylation is 2. The van der Waals surface area contributed by atoms with E-state index < -0.39 is 0 Å². The third-order valence-electron chi connectivity index (χ3n) is 3.96. The Bertz CT molecular complexity index is 737. The number of rotatable bonds is 7. The van der Waals surface area contributed by atoms with Crippen LogP contribution >= 0.6 is 0 Å². The summed E-state index contributed by atoms with van der Waals surface area (Å²) in [5.41, 5.74) is 3.56. The summed E-state index contributed by atoms with van der Waals surface area (Å²) in [7, 11) is 1.56. The summed E-state index contributed by atoms with van der Waals surface area (Å²) in [5, 5.41) is 2.90. The second kappa shape index (κ2) is 8.29. The molecule has 4 nitrogen and oxygen atoms in total. The lowest BCUT2D eigenvalue weighted by molar-refractivity contribution is -0.116. The maximum absolute atomic E-state index is 12.2. The van der Waals surface area contributed by atoms with Crippen molar-refractivity contribution < 1.29 is 14.3 Å². The Morgan fingerprint density at radius 2 is 1.88 bits per heavy atom. The second-order valence-electron chi connectivity index (χ2n) is 5.71. The molecular weight excluding hydrogens is 302 g/mol. The smallest absolute Gasteiger partial charge is 0.224 e. The van der Waals surface area contributed by atoms with Crippen LogP contribution in [0.1, 0.15) is 41.3 Å². The van der Waals surface area contributed by atoms with Crippen LogP contribution in [0.25, 0.3) is 0 Å². The molecule has 0 saturated heterocycles. The Balaban J connectivity index is 1.94. The van der Waals surface area contributed by atoms with E-state index >= 15 is 0 Å². The molecule has 0 fully saturated rings. The lowest BCUT2D eigenvalue weighted by Crippen LogP contribution is -2.14. The Hall–Kier alpha value is -2.62. The first kappa shape index (κ1) is 17.7. The fraction of sp³-hybridized carbons (Fsp3) is 0.300. The summed E-state index contributed by atoms with van der Waals surface area (Å²) in [5.74, 6) is 0.419. The minimum Gasteiger partial charge on any atom is -0.497 e. The van der Waals surface area contributed by atoms with Gasteiger partial charge in [-0.2, -0.15) is 0 Å². The van der Waals surface area contributed by atoms with Crippen LogP contribution in [0, 0.1) is 6.92 Å². The van der Waals surface area contributed by atoms with Gasteiger partial charge in [-0.3, -0.25) is 9.59 Å². The van der Waals surface area contributed by atoms with Crippen molar-refractivity contribution in [3.8, 4) is 5.75 Å². The van der Waals surface area contributed by atoms with Crippen LogP contribution in [0.15, 0.2) is 42.5 Å². The molecule has 0 radical (unpaired) electrons. The van der Waals surface area contributed by atoms with Gasteiger partial charge in [0.25, 0.3) is 0 Å². The largest absolute Gasteiger partial charge is 0.497 e. The lowest BCUT2D eigenvalue weighted by atomic mass is 10.1. The Labute approximate surface area is 142 Å². The molecule has 0 aliphatic heterocycles. The van der Waals surface area contributed by atoms with Gasteiger partial charge in [0, 0.05) is 24.1 Å². The van der Waals surface area contributed by atoms with E-state index in [1.54, 1.807) is 31.4 Å². The fourth-order valence-electron chi connectivity index (χ4n) is 2.40. The number of benzene rings is 2. The number of Topliss-reactive ketones (excluding diaryl/α,β-unsaturated/α-hetero) is 1. The van der Waals surface area contributed by atoms with E-state index in [1.165, 1.54) is 5.56 Å². The van der Waals surface area contributed by atoms with Gasteiger partial charge < -0.3 is 10.1 Å². The zero-order chi connectivity index (χ0) is 17.5. The highest BCUT2D eigenvalue weighted by atomic mass is 16.5. The standard InChI is InChI=1S/C20H23NO3/c1-4-15-9-8-14(2)18(12-15)21-20(23)11-10-19(22)16-6-5-7-17(13-16)24-3/h5-9,12-13H,4,10-11H2,1-3H3,(H,21,23). The average Bonchev–Trinajstić information content (AvgIpc) is 2.61. The molecule has 0 spiro atoms. The molecule has 4 heteroatoms. The summed E-state index contributed by atoms with van der Waals surface area (Å²) in [4.78, 5) is 24.3. The molecule has 0 aliphatic carbocycles. The molecule has 0 aliphatic rings. The number of carbonyl (C=O) groups excluding carboxylic acids is 2. The predicted octanol–water partition coefficient (Wildman–Crippen LogP) is 4.17. The molecule has 0 atom stereocenters. The van der Waals surface area contributed by atoms with Crippen molar-refractivity contribution in [3.05, 3.63) is 59.2 Å². The molecule has 0 bridgehead atoms. The molecule has 0 saturated carbocycles. The summed E-state index contributed by atoms with van der Waals surface area (Å²) >= 11 is 0. The van der Waals surface area contributed by atoms with E-state index in [2.05, 4.69) is 18.3 Å². The third kappa shape index (κ3) is 4.69. The molecule has 0 heterocycles. The number of carbonyl (C=O) groups is 2. The number of amides is 1. The van der Waals surface area contributed by atoms with Gasteiger partial charge in [-0.05, 0) is 42.7 Å². The number of nitrogens with one attached hydrogen (secondary N) is 1. The maximum Gasteiger partial charge on any atom is 0.224 e. The minimum atomic E-state index is -0.150. The lowest BCUT2D eigenvalue weighted by Gasteiger charge is -2.10. The molecule has 1 N–H and O–H groups in total. The summed E-state index contributed by atoms with van der Waals surface area (Å²) in [6, 6.07) is 13.0. The summed E-state index contributed by atoms with van der Waals surface area (Å²) < 4.78 is 5.11. The van der Waals surface area contributed by atoms with Gasteiger partial charge in [0.2, 0.25) is 5.91 Å². The molecular formula is C20H23NO3. The van der Waals surface area contributed by atoms with Crippen molar-refractivity contribution in [2.45, 2.75) is 33.1 Å². The number of ether oxygens (including phenoxy) is 1. The van der Waals surface area contributed by atoms with Crippen molar-refractivity contribution >= 4 is 17.4 Å². The SMILES string of the molecule is CCc1ccc(C)c(NC(=O)CCC(=O)c2cccc(OC)c2)c1. The van der Waals surface area contributed by atoms with Crippen LogP contribution in [0.5, 0.6) is 5.75 Å². The van der Waals surface area contributed by atoms with E-state index in [4.69, 9.17) is 4.74 Å². The average molecular weight is 325 g/mol. The number of methoxy groups -OCH3 is 1. The highest BCUT2D eigenvalue weighted by Crippen LogP contribution is 2.18. The molecule has 2 aromatic carbocycles. The van der Waals surface area contributed by atoms with Crippen LogP contribution in [0.3, 0.4) is 0 Å². The van der Waals surface area contributed by atoms with E-state index in [0.29, 0.717) is 11.3 Å². The van der Waals surface area contributed by atoms with Crippen molar-refractivity contribution in [2.75, 3.05) is 12.4 Å². The minimum absolute atomic E-state index is 0.0666. The number of hydrogen-bond acceptors (Lipinski definition) is 3. The molecule has 0 unspecified atom stereocenters. The fourth-order valence-corrected chi connectivity index (χ4v) is 2.40. The second-order valence-corrected chi connectivity index (χ2v) is 5.71. The first-order valence-electron chi connectivity index (χ1n) is 8.10. The van der Waals surface area contributed by atoms with Gasteiger partial charge in [0.15, 0.2) is 5.78 Å². The molecule has 1 amide bonds. The topological polar surface area (TPSA) is 55.4 Å². The Kier molecular flexibility index (Phi) is 6.13. The molecule has 24 heavy (non-hydrogen) atoms. The number of hydrogen-bond donors (Lipinski definition) is 1. The van der Waals surface area contributed by atoms with Gasteiger partial charge >= 0.3 is 0 Å². The first-order valence-corrected chi connectivity index (χ1v) is 8.10. The third-order valence-corrected chi connectivity index (χ3v) is 3.96. The van der Waals surface area contributed by atoms with E-state index in [9.17, 15) is 9.59 Å². The van der Waals surface area contributed by atoms with E-state index in [-0.39, 0.29) is 24.5 Å². The monoisotopic (exact) mass is 325 g/mol. The highest BCUT2D eigenvalue weighted by molar-refractivity contribution is 6.00. The van der Waals surface area contributed by atoms with Crippen LogP contribution in [0.4, 0.5) is 5.69 Å². The van der Waals surface area contributed by atoms with Crippen molar-refractivity contribution in [1.82, 2.24) is 0 Å². The van der Waals surface area contributed by atoms with Crippen molar-refractivity contribution in [2.24, 2.45) is 0 Å². The quantitative estimate of drug-likeness (QED) is 0.777. The van der Waals surface area contributed by atoms with Gasteiger partial charge in [0.05, 0.1) is 7.11 Å². The maximum atomic E-state index is 12.2. The van der Waals surface area contributed by atoms with E-state index in [0.717, 1.165) is 17.7 Å². The zero-order valence-electron chi connectivity index (χ0n) is 14.4. The van der Waals surface area contributed by atoms with Gasteiger partial charge in [-0.15, -0.1) is 0 Å². The van der Waals surface area contributed by atoms with Crippen molar-refractivity contribution in [1.29, 1.82) is 0 Å². The predicted molar refractivity (Wildman–Crippen MR) is 95.7 cm³/mol. The summed E-state index contributed by atoms with van der Waals surface area (Å²) in [6.45, 7) is 4.03. The highest BCUT2D eigenvalue weighted by Gasteiger charge is 2.11. The molecule has 0 aromatic heterocycles. The first-order chi connectivity index (χ1) is 11.5. The normalized spacial score (nSPS) is 10.3. The number of anilines is 1. The Morgan fingerprint density at radius 1 is 1.08 bits per heavy atom. The Morgan fingerprint density at radius 3 is 2.58 bits per heavy atom. The molecule has 2 rings (SSSR count). The van der Waals surface area contributed by atoms with Crippen molar-refractivity contribution in [3.63, 3.8) is 0 Å². The van der Waals surface area contributed by atoms with Gasteiger partial charge in [-0.1, -0.05) is 31.2 Å². The zero-order valence-corrected chi connectivity index (χ0v) is 14.4. The van der Waals surface area contributed by atoms with Crippen LogP contribution in [-0.4, -0.2) is 18.8 Å². The van der Waals surface area contributed by atoms with Crippen LogP contribution in [-0.2, 0) is 11.2 Å². The van der Waals surface area contributed by atoms with Crippen LogP contribution in [0.2, 0.25) is 0 Å².